The Morgan fingerprint density at radius 1 is 1.00 bits per heavy atom. The van der Waals surface area contributed by atoms with Gasteiger partial charge in [0.05, 0.1) is 12.7 Å². The van der Waals surface area contributed by atoms with Gasteiger partial charge in [-0.05, 0) is 37.6 Å². The highest BCUT2D eigenvalue weighted by atomic mass is 16.5. The van der Waals surface area contributed by atoms with E-state index in [4.69, 9.17) is 10.5 Å². The number of nitrogens with zero attached hydrogens (tertiary/aromatic N) is 1. The summed E-state index contributed by atoms with van der Waals surface area (Å²) in [4.78, 5) is 2.76. The van der Waals surface area contributed by atoms with Crippen molar-refractivity contribution in [2.45, 2.75) is 76.4 Å². The summed E-state index contributed by atoms with van der Waals surface area (Å²) in [6, 6.07) is 0.684. The highest BCUT2D eigenvalue weighted by molar-refractivity contribution is 4.93. The summed E-state index contributed by atoms with van der Waals surface area (Å²) >= 11 is 0. The summed E-state index contributed by atoms with van der Waals surface area (Å²) in [6.07, 6.45) is 14.2. The second-order valence-electron chi connectivity index (χ2n) is 7.35. The van der Waals surface area contributed by atoms with E-state index in [0.29, 0.717) is 17.6 Å². The lowest BCUT2D eigenvalue weighted by Gasteiger charge is -2.47. The van der Waals surface area contributed by atoms with Crippen molar-refractivity contribution in [3.63, 3.8) is 0 Å². The lowest BCUT2D eigenvalue weighted by molar-refractivity contribution is -0.0994. The van der Waals surface area contributed by atoms with Crippen molar-refractivity contribution >= 4 is 0 Å². The first kappa shape index (κ1) is 14.8. The van der Waals surface area contributed by atoms with Crippen LogP contribution in [0.1, 0.15) is 64.2 Å². The van der Waals surface area contributed by atoms with Gasteiger partial charge in [-0.3, -0.25) is 4.90 Å². The Balaban J connectivity index is 1.67. The topological polar surface area (TPSA) is 38.5 Å². The molecule has 0 spiro atoms. The molecule has 3 rings (SSSR count). The van der Waals surface area contributed by atoms with Crippen molar-refractivity contribution in [1.29, 1.82) is 0 Å². The maximum Gasteiger partial charge on any atom is 0.0730 e. The second kappa shape index (κ2) is 6.76. The van der Waals surface area contributed by atoms with Crippen LogP contribution in [0.2, 0.25) is 0 Å². The predicted molar refractivity (Wildman–Crippen MR) is 82.8 cm³/mol. The number of ether oxygens (including phenoxy) is 1. The summed E-state index contributed by atoms with van der Waals surface area (Å²) in [5.41, 5.74) is 6.63. The molecule has 2 N–H and O–H groups in total. The molecule has 3 nitrogen and oxygen atoms in total. The van der Waals surface area contributed by atoms with Crippen molar-refractivity contribution in [1.82, 2.24) is 4.90 Å². The molecule has 0 aromatic carbocycles. The molecule has 0 bridgehead atoms. The van der Waals surface area contributed by atoms with Gasteiger partial charge in [-0.15, -0.1) is 0 Å². The van der Waals surface area contributed by atoms with E-state index in [1.165, 1.54) is 70.8 Å². The van der Waals surface area contributed by atoms with E-state index >= 15 is 0 Å². The lowest BCUT2D eigenvalue weighted by atomic mass is 9.78. The molecule has 2 atom stereocenters. The molecule has 1 saturated heterocycles. The fraction of sp³-hybridized carbons (Fsp3) is 1.00. The van der Waals surface area contributed by atoms with Crippen LogP contribution in [0.4, 0.5) is 0 Å². The van der Waals surface area contributed by atoms with Crippen molar-refractivity contribution in [3.05, 3.63) is 0 Å². The van der Waals surface area contributed by atoms with Gasteiger partial charge in [-0.1, -0.05) is 38.5 Å². The number of morpholine rings is 1. The normalized spacial score (nSPS) is 35.2. The van der Waals surface area contributed by atoms with Gasteiger partial charge in [0.25, 0.3) is 0 Å². The summed E-state index contributed by atoms with van der Waals surface area (Å²) < 4.78 is 6.02. The van der Waals surface area contributed by atoms with Crippen LogP contribution >= 0.6 is 0 Å². The third kappa shape index (κ3) is 3.20. The maximum absolute atomic E-state index is 6.23. The van der Waals surface area contributed by atoms with E-state index in [0.717, 1.165) is 19.7 Å². The van der Waals surface area contributed by atoms with Gasteiger partial charge >= 0.3 is 0 Å². The molecule has 3 fully saturated rings. The average molecular weight is 280 g/mol. The van der Waals surface area contributed by atoms with E-state index in [-0.39, 0.29) is 0 Å². The first-order valence-corrected chi connectivity index (χ1v) is 8.89. The quantitative estimate of drug-likeness (QED) is 0.808. The number of fused-ring (bicyclic) bond motifs is 1. The first-order chi connectivity index (χ1) is 9.83. The molecule has 1 heterocycles. The highest BCUT2D eigenvalue weighted by Gasteiger charge is 2.39. The highest BCUT2D eigenvalue weighted by Crippen LogP contribution is 2.37. The monoisotopic (exact) mass is 280 g/mol. The van der Waals surface area contributed by atoms with Crippen molar-refractivity contribution in [3.8, 4) is 0 Å². The smallest absolute Gasteiger partial charge is 0.0730 e. The van der Waals surface area contributed by atoms with E-state index in [1.807, 2.05) is 0 Å². The molecule has 2 unspecified atom stereocenters. The van der Waals surface area contributed by atoms with Gasteiger partial charge in [-0.2, -0.15) is 0 Å². The number of nitrogens with two attached hydrogens (primary N) is 1. The third-order valence-electron chi connectivity index (χ3n) is 5.98. The number of hydrogen-bond donors (Lipinski definition) is 1. The van der Waals surface area contributed by atoms with Crippen LogP contribution in [0.3, 0.4) is 0 Å². The van der Waals surface area contributed by atoms with Gasteiger partial charge in [0, 0.05) is 19.1 Å². The van der Waals surface area contributed by atoms with Gasteiger partial charge in [0.1, 0.15) is 0 Å². The van der Waals surface area contributed by atoms with Crippen LogP contribution in [-0.2, 0) is 4.74 Å². The molecule has 0 amide bonds. The fourth-order valence-electron chi connectivity index (χ4n) is 4.71. The van der Waals surface area contributed by atoms with E-state index in [2.05, 4.69) is 4.90 Å². The molecule has 2 saturated carbocycles. The molecule has 116 valence electrons. The van der Waals surface area contributed by atoms with E-state index in [1.54, 1.807) is 0 Å². The molecule has 2 aliphatic carbocycles. The Morgan fingerprint density at radius 2 is 1.75 bits per heavy atom. The van der Waals surface area contributed by atoms with E-state index < -0.39 is 0 Å². The number of rotatable bonds is 3. The molecule has 0 aromatic rings. The summed E-state index contributed by atoms with van der Waals surface area (Å²) in [5.74, 6) is 0. The summed E-state index contributed by atoms with van der Waals surface area (Å²) in [6.45, 7) is 4.17. The minimum absolute atomic E-state index is 0.399. The average Bonchev–Trinajstić information content (AvgIpc) is 2.74. The Kier molecular flexibility index (Phi) is 5.00. The van der Waals surface area contributed by atoms with E-state index in [9.17, 15) is 0 Å². The minimum atomic E-state index is 0.399. The van der Waals surface area contributed by atoms with Crippen LogP contribution in [0.5, 0.6) is 0 Å². The summed E-state index contributed by atoms with van der Waals surface area (Å²) in [7, 11) is 0. The van der Waals surface area contributed by atoms with Crippen LogP contribution in [0.25, 0.3) is 0 Å². The largest absolute Gasteiger partial charge is 0.375 e. The molecular weight excluding hydrogens is 248 g/mol. The van der Waals surface area contributed by atoms with Crippen LogP contribution < -0.4 is 5.73 Å². The second-order valence-corrected chi connectivity index (χ2v) is 7.35. The maximum atomic E-state index is 6.23. The Morgan fingerprint density at radius 3 is 2.50 bits per heavy atom. The standard InChI is InChI=1S/C17H32N2O/c18-13-17(9-5-1-2-6-10-17)14-19-11-12-20-16-8-4-3-7-15(16)19/h15-16H,1-14,18H2. The Bertz CT molecular complexity index is 297. The van der Waals surface area contributed by atoms with Crippen LogP contribution in [-0.4, -0.2) is 43.3 Å². The lowest BCUT2D eigenvalue weighted by Crippen LogP contribution is -2.56. The molecule has 1 aliphatic heterocycles. The van der Waals surface area contributed by atoms with Crippen LogP contribution in [0.15, 0.2) is 0 Å². The zero-order chi connectivity index (χ0) is 13.8. The van der Waals surface area contributed by atoms with Crippen molar-refractivity contribution in [2.75, 3.05) is 26.2 Å². The zero-order valence-electron chi connectivity index (χ0n) is 13.0. The molecule has 0 radical (unpaired) electrons. The van der Waals surface area contributed by atoms with Gasteiger partial charge in [-0.25, -0.2) is 0 Å². The minimum Gasteiger partial charge on any atom is -0.375 e. The van der Waals surface area contributed by atoms with Gasteiger partial charge < -0.3 is 10.5 Å². The SMILES string of the molecule is NCC1(CN2CCOC3CCCCC32)CCCCCC1. The van der Waals surface area contributed by atoms with Gasteiger partial charge in [0.15, 0.2) is 0 Å². The fourth-order valence-corrected chi connectivity index (χ4v) is 4.71. The number of hydrogen-bond acceptors (Lipinski definition) is 3. The first-order valence-electron chi connectivity index (χ1n) is 8.89. The van der Waals surface area contributed by atoms with Gasteiger partial charge in [0.2, 0.25) is 0 Å². The predicted octanol–water partition coefficient (Wildman–Crippen LogP) is 2.93. The molecule has 0 aromatic heterocycles. The molecule has 3 heteroatoms. The molecule has 20 heavy (non-hydrogen) atoms. The van der Waals surface area contributed by atoms with Crippen molar-refractivity contribution in [2.24, 2.45) is 11.1 Å². The zero-order valence-corrected chi connectivity index (χ0v) is 13.0. The molecule has 3 aliphatic rings. The Labute approximate surface area is 124 Å². The van der Waals surface area contributed by atoms with Crippen LogP contribution in [0, 0.1) is 5.41 Å². The molecular formula is C17H32N2O. The summed E-state index contributed by atoms with van der Waals surface area (Å²) in [5, 5.41) is 0. The third-order valence-corrected chi connectivity index (χ3v) is 5.98. The van der Waals surface area contributed by atoms with Crippen molar-refractivity contribution < 1.29 is 4.74 Å². The Hall–Kier alpha value is -0.120.